The molecule has 0 bridgehead atoms. The van der Waals surface area contributed by atoms with E-state index < -0.39 is 0 Å². The molecule has 0 amide bonds. The zero-order chi connectivity index (χ0) is 14.0. The van der Waals surface area contributed by atoms with Crippen molar-refractivity contribution >= 4 is 11.5 Å². The summed E-state index contributed by atoms with van der Waals surface area (Å²) in [6, 6.07) is 0. The second-order valence-corrected chi connectivity index (χ2v) is 5.73. The first-order valence-corrected chi connectivity index (χ1v) is 6.52. The minimum absolute atomic E-state index is 0.0602. The van der Waals surface area contributed by atoms with Gasteiger partial charge in [0.05, 0.1) is 7.11 Å². The molecule has 0 aliphatic carbocycles. The van der Waals surface area contributed by atoms with Crippen LogP contribution in [0.5, 0.6) is 5.88 Å². The fourth-order valence-electron chi connectivity index (χ4n) is 2.00. The Morgan fingerprint density at radius 2 is 2.11 bits per heavy atom. The normalized spacial score (nSPS) is 19.5. The molecule has 1 aliphatic heterocycles. The molecule has 1 unspecified atom stereocenters. The first-order valence-electron chi connectivity index (χ1n) is 6.52. The standard InChI is InChI=1S/C13H22N4O2/c1-13(2,3)17-11-9(14)12(18-4)16-10(15-11)8-6-5-7-19-8/h8H,5-7,14H2,1-4H3,(H,15,16,17). The largest absolute Gasteiger partial charge is 0.479 e. The van der Waals surface area contributed by atoms with Crippen LogP contribution >= 0.6 is 0 Å². The highest BCUT2D eigenvalue weighted by molar-refractivity contribution is 5.67. The van der Waals surface area contributed by atoms with E-state index in [-0.39, 0.29) is 11.6 Å². The van der Waals surface area contributed by atoms with Crippen LogP contribution in [0, 0.1) is 0 Å². The lowest BCUT2D eigenvalue weighted by molar-refractivity contribution is 0.104. The third-order valence-electron chi connectivity index (χ3n) is 2.83. The lowest BCUT2D eigenvalue weighted by Gasteiger charge is -2.23. The van der Waals surface area contributed by atoms with Crippen LogP contribution in [-0.4, -0.2) is 29.2 Å². The van der Waals surface area contributed by atoms with Crippen LogP contribution in [0.2, 0.25) is 0 Å². The molecule has 6 heteroatoms. The van der Waals surface area contributed by atoms with Crippen molar-refractivity contribution in [3.63, 3.8) is 0 Å². The smallest absolute Gasteiger partial charge is 0.242 e. The van der Waals surface area contributed by atoms with Gasteiger partial charge in [-0.1, -0.05) is 0 Å². The molecule has 0 spiro atoms. The van der Waals surface area contributed by atoms with Crippen molar-refractivity contribution in [1.82, 2.24) is 9.97 Å². The summed E-state index contributed by atoms with van der Waals surface area (Å²) in [5.41, 5.74) is 6.31. The summed E-state index contributed by atoms with van der Waals surface area (Å²) in [5.74, 6) is 1.63. The van der Waals surface area contributed by atoms with Crippen LogP contribution in [0.4, 0.5) is 11.5 Å². The Morgan fingerprint density at radius 3 is 2.63 bits per heavy atom. The van der Waals surface area contributed by atoms with Crippen LogP contribution < -0.4 is 15.8 Å². The van der Waals surface area contributed by atoms with Crippen molar-refractivity contribution in [2.24, 2.45) is 0 Å². The monoisotopic (exact) mass is 266 g/mol. The molecule has 106 valence electrons. The molecular weight excluding hydrogens is 244 g/mol. The quantitative estimate of drug-likeness (QED) is 0.872. The maximum atomic E-state index is 6.02. The minimum atomic E-state index is -0.138. The number of nitrogens with one attached hydrogen (secondary N) is 1. The summed E-state index contributed by atoms with van der Waals surface area (Å²) in [6.07, 6.45) is 1.90. The van der Waals surface area contributed by atoms with E-state index in [2.05, 4.69) is 15.3 Å². The lowest BCUT2D eigenvalue weighted by Crippen LogP contribution is -2.28. The Bertz CT molecular complexity index is 451. The van der Waals surface area contributed by atoms with Gasteiger partial charge in [0.1, 0.15) is 11.8 Å². The van der Waals surface area contributed by atoms with Gasteiger partial charge in [0.2, 0.25) is 5.88 Å². The molecule has 1 atom stereocenters. The van der Waals surface area contributed by atoms with Gasteiger partial charge in [0, 0.05) is 12.1 Å². The number of methoxy groups -OCH3 is 1. The fraction of sp³-hybridized carbons (Fsp3) is 0.692. The molecule has 0 aromatic carbocycles. The average Bonchev–Trinajstić information content (AvgIpc) is 2.83. The Labute approximate surface area is 113 Å². The van der Waals surface area contributed by atoms with E-state index in [1.165, 1.54) is 0 Å². The van der Waals surface area contributed by atoms with Crippen LogP contribution in [0.25, 0.3) is 0 Å². The van der Waals surface area contributed by atoms with Gasteiger partial charge < -0.3 is 20.5 Å². The number of nitrogens with zero attached hydrogens (tertiary/aromatic N) is 2. The maximum absolute atomic E-state index is 6.02. The second-order valence-electron chi connectivity index (χ2n) is 5.73. The highest BCUT2D eigenvalue weighted by Crippen LogP contribution is 2.33. The number of anilines is 2. The molecule has 1 aliphatic rings. The molecule has 1 fully saturated rings. The molecule has 0 saturated carbocycles. The van der Waals surface area contributed by atoms with Crippen molar-refractivity contribution in [2.75, 3.05) is 24.8 Å². The zero-order valence-corrected chi connectivity index (χ0v) is 12.0. The first kappa shape index (κ1) is 13.9. The van der Waals surface area contributed by atoms with Crippen molar-refractivity contribution in [2.45, 2.75) is 45.3 Å². The number of aromatic nitrogens is 2. The number of hydrogen-bond donors (Lipinski definition) is 2. The molecule has 19 heavy (non-hydrogen) atoms. The molecule has 1 aromatic rings. The van der Waals surface area contributed by atoms with Crippen molar-refractivity contribution in [1.29, 1.82) is 0 Å². The number of nitrogen functional groups attached to an aromatic ring is 1. The summed E-state index contributed by atoms with van der Waals surface area (Å²) in [4.78, 5) is 8.84. The number of hydrogen-bond acceptors (Lipinski definition) is 6. The van der Waals surface area contributed by atoms with Crippen LogP contribution in [0.3, 0.4) is 0 Å². The Hall–Kier alpha value is -1.56. The van der Waals surface area contributed by atoms with Crippen molar-refractivity contribution in [3.05, 3.63) is 5.82 Å². The zero-order valence-electron chi connectivity index (χ0n) is 12.0. The van der Waals surface area contributed by atoms with E-state index in [1.54, 1.807) is 7.11 Å². The van der Waals surface area contributed by atoms with Gasteiger partial charge in [-0.15, -0.1) is 0 Å². The summed E-state index contributed by atoms with van der Waals surface area (Å²) < 4.78 is 10.8. The van der Waals surface area contributed by atoms with Gasteiger partial charge in [-0.05, 0) is 33.6 Å². The minimum Gasteiger partial charge on any atom is -0.479 e. The van der Waals surface area contributed by atoms with Gasteiger partial charge >= 0.3 is 0 Å². The van der Waals surface area contributed by atoms with Crippen molar-refractivity contribution in [3.8, 4) is 5.88 Å². The van der Waals surface area contributed by atoms with E-state index in [0.29, 0.717) is 23.2 Å². The molecule has 3 N–H and O–H groups in total. The highest BCUT2D eigenvalue weighted by Gasteiger charge is 2.25. The topological polar surface area (TPSA) is 82.3 Å². The molecule has 1 aromatic heterocycles. The summed E-state index contributed by atoms with van der Waals surface area (Å²) in [7, 11) is 1.55. The maximum Gasteiger partial charge on any atom is 0.242 e. The Morgan fingerprint density at radius 1 is 1.37 bits per heavy atom. The Balaban J connectivity index is 2.37. The van der Waals surface area contributed by atoms with Gasteiger partial charge in [-0.25, -0.2) is 4.98 Å². The second kappa shape index (κ2) is 5.21. The molecule has 2 heterocycles. The Kier molecular flexibility index (Phi) is 3.80. The van der Waals surface area contributed by atoms with Crippen molar-refractivity contribution < 1.29 is 9.47 Å². The predicted octanol–water partition coefficient (Wildman–Crippen LogP) is 2.13. The van der Waals surface area contributed by atoms with Crippen LogP contribution in [0.15, 0.2) is 0 Å². The average molecular weight is 266 g/mol. The molecule has 2 rings (SSSR count). The SMILES string of the molecule is COc1nc(C2CCCO2)nc(NC(C)(C)C)c1N. The lowest BCUT2D eigenvalue weighted by atomic mass is 10.1. The number of ether oxygens (including phenoxy) is 2. The summed E-state index contributed by atoms with van der Waals surface area (Å²) in [5, 5.41) is 3.28. The third kappa shape index (κ3) is 3.26. The van der Waals surface area contributed by atoms with Gasteiger partial charge in [-0.3, -0.25) is 0 Å². The highest BCUT2D eigenvalue weighted by atomic mass is 16.5. The number of rotatable bonds is 3. The summed E-state index contributed by atoms with van der Waals surface area (Å²) in [6.45, 7) is 6.90. The number of nitrogens with two attached hydrogens (primary N) is 1. The van der Waals surface area contributed by atoms with Gasteiger partial charge in [0.25, 0.3) is 0 Å². The third-order valence-corrected chi connectivity index (χ3v) is 2.83. The first-order chi connectivity index (χ1) is 8.90. The van der Waals surface area contributed by atoms with E-state index in [0.717, 1.165) is 19.4 Å². The van der Waals surface area contributed by atoms with Crippen LogP contribution in [0.1, 0.15) is 45.5 Å². The fourth-order valence-corrected chi connectivity index (χ4v) is 2.00. The van der Waals surface area contributed by atoms with Crippen LogP contribution in [-0.2, 0) is 4.74 Å². The predicted molar refractivity (Wildman–Crippen MR) is 74.3 cm³/mol. The van der Waals surface area contributed by atoms with E-state index >= 15 is 0 Å². The molecule has 1 saturated heterocycles. The van der Waals surface area contributed by atoms with Gasteiger partial charge in [0.15, 0.2) is 11.6 Å². The van der Waals surface area contributed by atoms with E-state index in [9.17, 15) is 0 Å². The van der Waals surface area contributed by atoms with E-state index in [1.807, 2.05) is 20.8 Å². The van der Waals surface area contributed by atoms with E-state index in [4.69, 9.17) is 15.2 Å². The molecule has 0 radical (unpaired) electrons. The summed E-state index contributed by atoms with van der Waals surface area (Å²) >= 11 is 0. The van der Waals surface area contributed by atoms with Gasteiger partial charge in [-0.2, -0.15) is 4.98 Å². The molecular formula is C13H22N4O2. The molecule has 6 nitrogen and oxygen atoms in total.